The highest BCUT2D eigenvalue weighted by Gasteiger charge is 2.16. The molecule has 0 unspecified atom stereocenters. The number of nitrogens with one attached hydrogen (secondary N) is 2. The molecule has 0 saturated carbocycles. The smallest absolute Gasteiger partial charge is 0.191 e. The van der Waals surface area contributed by atoms with Crippen molar-refractivity contribution in [1.82, 2.24) is 25.3 Å². The molecule has 0 aliphatic carbocycles. The second-order valence-corrected chi connectivity index (χ2v) is 6.60. The largest absolute Gasteiger partial charge is 0.369 e. The van der Waals surface area contributed by atoms with Crippen molar-refractivity contribution in [2.45, 2.75) is 6.54 Å². The highest BCUT2D eigenvalue weighted by atomic mass is 127. The summed E-state index contributed by atoms with van der Waals surface area (Å²) in [5, 5.41) is 10.8. The first-order chi connectivity index (χ1) is 13.2. The van der Waals surface area contributed by atoms with E-state index >= 15 is 0 Å². The van der Waals surface area contributed by atoms with Gasteiger partial charge in [-0.15, -0.1) is 24.0 Å². The minimum atomic E-state index is -0.186. The predicted octanol–water partition coefficient (Wildman–Crippen LogP) is 1.66. The summed E-state index contributed by atoms with van der Waals surface area (Å²) in [6.45, 7) is 6.40. The second kappa shape index (κ2) is 11.2. The van der Waals surface area contributed by atoms with E-state index in [0.29, 0.717) is 6.54 Å². The minimum absolute atomic E-state index is 0. The van der Waals surface area contributed by atoms with Crippen LogP contribution >= 0.6 is 24.0 Å². The van der Waals surface area contributed by atoms with Gasteiger partial charge in [-0.3, -0.25) is 14.6 Å². The van der Waals surface area contributed by atoms with Gasteiger partial charge in [-0.05, 0) is 30.3 Å². The van der Waals surface area contributed by atoms with E-state index in [9.17, 15) is 4.39 Å². The Morgan fingerprint density at radius 3 is 2.43 bits per heavy atom. The van der Waals surface area contributed by atoms with Gasteiger partial charge in [-0.1, -0.05) is 0 Å². The van der Waals surface area contributed by atoms with Crippen LogP contribution in [0.5, 0.6) is 0 Å². The number of benzene rings is 1. The zero-order valence-corrected chi connectivity index (χ0v) is 18.8. The molecular weight excluding hydrogens is 472 g/mol. The summed E-state index contributed by atoms with van der Waals surface area (Å²) in [5.74, 6) is 0.606. The van der Waals surface area contributed by atoms with E-state index in [1.54, 1.807) is 13.2 Å². The molecule has 1 aromatic carbocycles. The Morgan fingerprint density at radius 1 is 1.11 bits per heavy atom. The molecule has 1 saturated heterocycles. The van der Waals surface area contributed by atoms with E-state index in [4.69, 9.17) is 0 Å². The van der Waals surface area contributed by atoms with Crippen LogP contribution < -0.4 is 15.5 Å². The quantitative estimate of drug-likeness (QED) is 0.359. The van der Waals surface area contributed by atoms with Crippen molar-refractivity contribution in [2.75, 3.05) is 51.2 Å². The molecule has 0 spiro atoms. The summed E-state index contributed by atoms with van der Waals surface area (Å²) in [6, 6.07) is 8.74. The molecule has 154 valence electrons. The van der Waals surface area contributed by atoms with Gasteiger partial charge in [-0.25, -0.2) is 4.39 Å². The highest BCUT2D eigenvalue weighted by Crippen LogP contribution is 2.16. The predicted molar refractivity (Wildman–Crippen MR) is 122 cm³/mol. The van der Waals surface area contributed by atoms with Crippen molar-refractivity contribution in [3.05, 3.63) is 48.0 Å². The number of aryl methyl sites for hydroxylation is 1. The van der Waals surface area contributed by atoms with Gasteiger partial charge in [-0.2, -0.15) is 5.10 Å². The number of nitrogens with zero attached hydrogens (tertiary/aromatic N) is 5. The van der Waals surface area contributed by atoms with Crippen molar-refractivity contribution < 1.29 is 4.39 Å². The maximum absolute atomic E-state index is 13.1. The van der Waals surface area contributed by atoms with Gasteiger partial charge in [0.1, 0.15) is 5.82 Å². The Kier molecular flexibility index (Phi) is 8.97. The van der Waals surface area contributed by atoms with Gasteiger partial charge in [0.05, 0.1) is 12.2 Å². The van der Waals surface area contributed by atoms with E-state index in [1.807, 2.05) is 29.9 Å². The summed E-state index contributed by atoms with van der Waals surface area (Å²) in [7, 11) is 3.71. The molecule has 0 amide bonds. The van der Waals surface area contributed by atoms with Crippen LogP contribution in [-0.4, -0.2) is 67.0 Å². The lowest BCUT2D eigenvalue weighted by Gasteiger charge is -2.36. The van der Waals surface area contributed by atoms with Gasteiger partial charge in [0.2, 0.25) is 0 Å². The summed E-state index contributed by atoms with van der Waals surface area (Å²) < 4.78 is 14.9. The SMILES string of the molecule is CN=C(NCCN1CCN(c2ccc(F)cc2)CC1)NCc1ccnn1C.I. The molecule has 1 aliphatic rings. The molecule has 0 bridgehead atoms. The zero-order chi connectivity index (χ0) is 19.1. The van der Waals surface area contributed by atoms with Gasteiger partial charge in [0.15, 0.2) is 5.96 Å². The third kappa shape index (κ3) is 6.33. The summed E-state index contributed by atoms with van der Waals surface area (Å²) >= 11 is 0. The second-order valence-electron chi connectivity index (χ2n) is 6.60. The standard InChI is InChI=1S/C19H28FN7.HI/c1-21-19(23-15-18-7-8-24-25(18)2)22-9-10-26-11-13-27(14-12-26)17-5-3-16(20)4-6-17;/h3-8H,9-15H2,1-2H3,(H2,21,22,23);1H. The molecule has 9 heteroatoms. The summed E-state index contributed by atoms with van der Waals surface area (Å²) in [5.41, 5.74) is 2.20. The van der Waals surface area contributed by atoms with E-state index in [2.05, 4.69) is 30.5 Å². The molecule has 0 atom stereocenters. The molecule has 1 aliphatic heterocycles. The van der Waals surface area contributed by atoms with Crippen LogP contribution in [0.25, 0.3) is 0 Å². The van der Waals surface area contributed by atoms with Crippen LogP contribution in [0.3, 0.4) is 0 Å². The first kappa shape index (κ1) is 22.4. The van der Waals surface area contributed by atoms with E-state index in [0.717, 1.165) is 56.6 Å². The normalized spacial score (nSPS) is 15.2. The fraction of sp³-hybridized carbons (Fsp3) is 0.474. The molecule has 2 N–H and O–H groups in total. The maximum Gasteiger partial charge on any atom is 0.191 e. The molecule has 2 aromatic rings. The first-order valence-corrected chi connectivity index (χ1v) is 9.30. The molecule has 28 heavy (non-hydrogen) atoms. The number of aromatic nitrogens is 2. The number of guanidine groups is 1. The Bertz CT molecular complexity index is 739. The fourth-order valence-electron chi connectivity index (χ4n) is 3.18. The first-order valence-electron chi connectivity index (χ1n) is 9.30. The van der Waals surface area contributed by atoms with Crippen LogP contribution in [0.2, 0.25) is 0 Å². The zero-order valence-electron chi connectivity index (χ0n) is 16.4. The van der Waals surface area contributed by atoms with Crippen LogP contribution in [0.1, 0.15) is 5.69 Å². The number of halogens is 2. The van der Waals surface area contributed by atoms with Crippen LogP contribution in [-0.2, 0) is 13.6 Å². The lowest BCUT2D eigenvalue weighted by Crippen LogP contribution is -2.49. The molecule has 3 rings (SSSR count). The van der Waals surface area contributed by atoms with Gasteiger partial charge >= 0.3 is 0 Å². The average Bonchev–Trinajstić information content (AvgIpc) is 3.10. The van der Waals surface area contributed by atoms with Gasteiger partial charge < -0.3 is 15.5 Å². The molecule has 0 radical (unpaired) electrons. The monoisotopic (exact) mass is 501 g/mol. The fourth-order valence-corrected chi connectivity index (χ4v) is 3.18. The molecule has 7 nitrogen and oxygen atoms in total. The van der Waals surface area contributed by atoms with Crippen molar-refractivity contribution in [3.8, 4) is 0 Å². The molecule has 1 aromatic heterocycles. The number of hydrogen-bond acceptors (Lipinski definition) is 4. The Hall–Kier alpha value is -1.88. The Morgan fingerprint density at radius 2 is 1.82 bits per heavy atom. The summed E-state index contributed by atoms with van der Waals surface area (Å²) in [4.78, 5) is 9.00. The molecule has 1 fully saturated rings. The van der Waals surface area contributed by atoms with Crippen LogP contribution in [0.4, 0.5) is 10.1 Å². The number of aliphatic imine (C=N–C) groups is 1. The highest BCUT2D eigenvalue weighted by molar-refractivity contribution is 14.0. The number of rotatable bonds is 6. The average molecular weight is 501 g/mol. The lowest BCUT2D eigenvalue weighted by atomic mass is 10.2. The van der Waals surface area contributed by atoms with Gasteiger partial charge in [0, 0.05) is 65.2 Å². The topological polar surface area (TPSA) is 60.7 Å². The van der Waals surface area contributed by atoms with E-state index in [-0.39, 0.29) is 29.8 Å². The van der Waals surface area contributed by atoms with Gasteiger partial charge in [0.25, 0.3) is 0 Å². The van der Waals surface area contributed by atoms with Crippen molar-refractivity contribution in [2.24, 2.45) is 12.0 Å². The summed E-state index contributed by atoms with van der Waals surface area (Å²) in [6.07, 6.45) is 1.79. The third-order valence-corrected chi connectivity index (χ3v) is 4.87. The van der Waals surface area contributed by atoms with Crippen molar-refractivity contribution in [3.63, 3.8) is 0 Å². The molecule has 2 heterocycles. The number of anilines is 1. The van der Waals surface area contributed by atoms with Crippen LogP contribution in [0, 0.1) is 5.82 Å². The van der Waals surface area contributed by atoms with Crippen molar-refractivity contribution in [1.29, 1.82) is 0 Å². The molecular formula is C19H29FIN7. The number of hydrogen-bond donors (Lipinski definition) is 2. The van der Waals surface area contributed by atoms with Crippen molar-refractivity contribution >= 4 is 35.6 Å². The van der Waals surface area contributed by atoms with E-state index in [1.165, 1.54) is 12.1 Å². The Balaban J connectivity index is 0.00000280. The van der Waals surface area contributed by atoms with E-state index < -0.39 is 0 Å². The number of piperazine rings is 1. The minimum Gasteiger partial charge on any atom is -0.369 e. The van der Waals surface area contributed by atoms with Crippen LogP contribution in [0.15, 0.2) is 41.5 Å². The maximum atomic E-state index is 13.1. The lowest BCUT2D eigenvalue weighted by molar-refractivity contribution is 0.261. The Labute approximate surface area is 183 Å². The third-order valence-electron chi connectivity index (χ3n) is 4.87.